The molecule has 0 heterocycles. The van der Waals surface area contributed by atoms with Crippen molar-refractivity contribution in [1.82, 2.24) is 5.43 Å². The fourth-order valence-electron chi connectivity index (χ4n) is 3.04. The summed E-state index contributed by atoms with van der Waals surface area (Å²) in [6, 6.07) is 19.8. The second kappa shape index (κ2) is 12.2. The van der Waals surface area contributed by atoms with Gasteiger partial charge in [0.25, 0.3) is 15.9 Å². The second-order valence-electron chi connectivity index (χ2n) is 7.11. The van der Waals surface area contributed by atoms with Crippen molar-refractivity contribution in [2.24, 2.45) is 5.10 Å². The van der Waals surface area contributed by atoms with Crippen LogP contribution in [-0.4, -0.2) is 40.8 Å². The molecule has 0 aliphatic heterocycles. The number of sulfonamides is 1. The molecule has 0 aliphatic carbocycles. The van der Waals surface area contributed by atoms with Gasteiger partial charge >= 0.3 is 0 Å². The van der Waals surface area contributed by atoms with Crippen LogP contribution in [0.3, 0.4) is 0 Å². The van der Waals surface area contributed by atoms with Crippen LogP contribution >= 0.6 is 15.9 Å². The Morgan fingerprint density at radius 2 is 1.86 bits per heavy atom. The zero-order chi connectivity index (χ0) is 25.3. The largest absolute Gasteiger partial charge is 0.493 e. The molecule has 0 fully saturated rings. The predicted molar refractivity (Wildman–Crippen MR) is 140 cm³/mol. The Kier molecular flexibility index (Phi) is 9.04. The van der Waals surface area contributed by atoms with E-state index in [9.17, 15) is 13.2 Å². The first kappa shape index (κ1) is 26.0. The number of hydrazone groups is 1. The molecule has 8 nitrogen and oxygen atoms in total. The van der Waals surface area contributed by atoms with E-state index in [1.807, 2.05) is 0 Å². The molecule has 1 amide bonds. The Morgan fingerprint density at radius 1 is 1.09 bits per heavy atom. The number of benzene rings is 3. The number of amides is 1. The van der Waals surface area contributed by atoms with Crippen LogP contribution < -0.4 is 19.2 Å². The third kappa shape index (κ3) is 6.93. The fraction of sp³-hybridized carbons (Fsp3) is 0.120. The minimum absolute atomic E-state index is 0.0714. The monoisotopic (exact) mass is 557 g/mol. The van der Waals surface area contributed by atoms with Gasteiger partial charge in [-0.2, -0.15) is 5.10 Å². The van der Waals surface area contributed by atoms with E-state index in [0.29, 0.717) is 33.8 Å². The summed E-state index contributed by atoms with van der Waals surface area (Å²) in [5.74, 6) is 0.430. The SMILES string of the molecule is C=CCOc1ccc(/C=N\NC(=O)CN(c2cccc(Br)c2)S(=O)(=O)c2ccccc2)cc1OC. The lowest BCUT2D eigenvalue weighted by Crippen LogP contribution is -2.39. The highest BCUT2D eigenvalue weighted by atomic mass is 79.9. The molecule has 0 unspecified atom stereocenters. The number of halogens is 1. The zero-order valence-corrected chi connectivity index (χ0v) is 21.3. The molecular weight excluding hydrogens is 534 g/mol. The number of ether oxygens (including phenoxy) is 2. The van der Waals surface area contributed by atoms with Crippen LogP contribution in [0.15, 0.2) is 99.9 Å². The lowest BCUT2D eigenvalue weighted by Gasteiger charge is -2.23. The highest BCUT2D eigenvalue weighted by Gasteiger charge is 2.27. The molecule has 0 saturated carbocycles. The fourth-order valence-corrected chi connectivity index (χ4v) is 4.86. The maximum absolute atomic E-state index is 13.3. The Bertz CT molecular complexity index is 1310. The number of hydrogen-bond donors (Lipinski definition) is 1. The maximum Gasteiger partial charge on any atom is 0.264 e. The lowest BCUT2D eigenvalue weighted by molar-refractivity contribution is -0.119. The average Bonchev–Trinajstić information content (AvgIpc) is 2.86. The third-order valence-corrected chi connectivity index (χ3v) is 6.94. The molecule has 0 bridgehead atoms. The molecule has 3 aromatic rings. The Labute approximate surface area is 213 Å². The van der Waals surface area contributed by atoms with Crippen molar-refractivity contribution in [1.29, 1.82) is 0 Å². The number of anilines is 1. The Balaban J connectivity index is 1.77. The van der Waals surface area contributed by atoms with Gasteiger partial charge in [0.2, 0.25) is 0 Å². The van der Waals surface area contributed by atoms with Gasteiger partial charge in [-0.1, -0.05) is 52.9 Å². The van der Waals surface area contributed by atoms with E-state index < -0.39 is 22.5 Å². The van der Waals surface area contributed by atoms with Crippen molar-refractivity contribution in [2.45, 2.75) is 4.90 Å². The van der Waals surface area contributed by atoms with Gasteiger partial charge < -0.3 is 9.47 Å². The lowest BCUT2D eigenvalue weighted by atomic mass is 10.2. The van der Waals surface area contributed by atoms with Crippen LogP contribution in [0.2, 0.25) is 0 Å². The van der Waals surface area contributed by atoms with E-state index in [1.54, 1.807) is 66.7 Å². The van der Waals surface area contributed by atoms with Crippen LogP contribution in [0.4, 0.5) is 5.69 Å². The topological polar surface area (TPSA) is 97.3 Å². The molecule has 0 saturated heterocycles. The predicted octanol–water partition coefficient (Wildman–Crippen LogP) is 4.37. The van der Waals surface area contributed by atoms with E-state index in [0.717, 1.165) is 4.31 Å². The van der Waals surface area contributed by atoms with Crippen LogP contribution in [0, 0.1) is 0 Å². The molecule has 1 N–H and O–H groups in total. The van der Waals surface area contributed by atoms with E-state index in [2.05, 4.69) is 33.0 Å². The van der Waals surface area contributed by atoms with Gasteiger partial charge in [0.1, 0.15) is 13.2 Å². The van der Waals surface area contributed by atoms with Gasteiger partial charge in [0, 0.05) is 4.47 Å². The maximum atomic E-state index is 13.3. The first-order valence-corrected chi connectivity index (χ1v) is 12.7. The first-order valence-electron chi connectivity index (χ1n) is 10.4. The van der Waals surface area contributed by atoms with Gasteiger partial charge in [0.15, 0.2) is 11.5 Å². The molecule has 10 heteroatoms. The van der Waals surface area contributed by atoms with Crippen molar-refractivity contribution in [3.05, 3.63) is 95.5 Å². The minimum atomic E-state index is -4.00. The van der Waals surface area contributed by atoms with Crippen molar-refractivity contribution >= 4 is 43.8 Å². The summed E-state index contributed by atoms with van der Waals surface area (Å²) in [5, 5.41) is 3.96. The average molecular weight is 558 g/mol. The number of nitrogens with one attached hydrogen (secondary N) is 1. The van der Waals surface area contributed by atoms with Gasteiger partial charge in [-0.05, 0) is 54.1 Å². The number of rotatable bonds is 11. The molecule has 0 atom stereocenters. The third-order valence-electron chi connectivity index (χ3n) is 4.66. The zero-order valence-electron chi connectivity index (χ0n) is 18.9. The quantitative estimate of drug-likeness (QED) is 0.214. The van der Waals surface area contributed by atoms with E-state index in [-0.39, 0.29) is 4.90 Å². The Morgan fingerprint density at radius 3 is 2.54 bits per heavy atom. The van der Waals surface area contributed by atoms with Gasteiger partial charge in [-0.15, -0.1) is 0 Å². The number of nitrogens with zero attached hydrogens (tertiary/aromatic N) is 2. The van der Waals surface area contributed by atoms with Gasteiger partial charge in [-0.25, -0.2) is 13.8 Å². The molecule has 0 radical (unpaired) electrons. The second-order valence-corrected chi connectivity index (χ2v) is 9.89. The van der Waals surface area contributed by atoms with E-state index in [4.69, 9.17) is 9.47 Å². The summed E-state index contributed by atoms with van der Waals surface area (Å²) >= 11 is 3.35. The molecule has 3 aromatic carbocycles. The molecule has 182 valence electrons. The summed E-state index contributed by atoms with van der Waals surface area (Å²) in [7, 11) is -2.49. The highest BCUT2D eigenvalue weighted by molar-refractivity contribution is 9.10. The van der Waals surface area contributed by atoms with Crippen LogP contribution in [0.25, 0.3) is 0 Å². The molecule has 0 aliphatic rings. The summed E-state index contributed by atoms with van der Waals surface area (Å²) < 4.78 is 39.2. The molecule has 3 rings (SSSR count). The van der Waals surface area contributed by atoms with Crippen LogP contribution in [0.5, 0.6) is 11.5 Å². The van der Waals surface area contributed by atoms with Crippen LogP contribution in [0.1, 0.15) is 5.56 Å². The van der Waals surface area contributed by atoms with Crippen LogP contribution in [-0.2, 0) is 14.8 Å². The summed E-state index contributed by atoms with van der Waals surface area (Å²) in [6.45, 7) is 3.48. The summed E-state index contributed by atoms with van der Waals surface area (Å²) in [5.41, 5.74) is 3.37. The molecule has 35 heavy (non-hydrogen) atoms. The number of hydrogen-bond acceptors (Lipinski definition) is 6. The minimum Gasteiger partial charge on any atom is -0.493 e. The Hall–Kier alpha value is -3.63. The van der Waals surface area contributed by atoms with Gasteiger partial charge in [-0.3, -0.25) is 9.10 Å². The number of carbonyl (C=O) groups is 1. The normalized spacial score (nSPS) is 11.1. The van der Waals surface area contributed by atoms with Crippen molar-refractivity contribution < 1.29 is 22.7 Å². The number of carbonyl (C=O) groups excluding carboxylic acids is 1. The summed E-state index contributed by atoms with van der Waals surface area (Å²) in [4.78, 5) is 12.8. The van der Waals surface area contributed by atoms with E-state index >= 15 is 0 Å². The standard InChI is InChI=1S/C25H24BrN3O5S/c1-3-14-34-23-13-12-19(15-24(23)33-2)17-27-28-25(30)18-29(21-9-7-8-20(26)16-21)35(31,32)22-10-5-4-6-11-22/h3-13,15-17H,1,14,18H2,2H3,(H,28,30)/b27-17-. The molecular formula is C25H24BrN3O5S. The smallest absolute Gasteiger partial charge is 0.264 e. The van der Waals surface area contributed by atoms with Gasteiger partial charge in [0.05, 0.1) is 23.9 Å². The highest BCUT2D eigenvalue weighted by Crippen LogP contribution is 2.28. The number of methoxy groups -OCH3 is 1. The van der Waals surface area contributed by atoms with E-state index in [1.165, 1.54) is 25.5 Å². The first-order chi connectivity index (χ1) is 16.8. The summed E-state index contributed by atoms with van der Waals surface area (Å²) in [6.07, 6.45) is 3.05. The van der Waals surface area contributed by atoms with Crippen molar-refractivity contribution in [3.63, 3.8) is 0 Å². The molecule has 0 aromatic heterocycles. The molecule has 0 spiro atoms. The van der Waals surface area contributed by atoms with Crippen molar-refractivity contribution in [3.8, 4) is 11.5 Å². The van der Waals surface area contributed by atoms with Crippen molar-refractivity contribution in [2.75, 3.05) is 24.6 Å².